The molecule has 4 aromatic rings. The van der Waals surface area contributed by atoms with E-state index in [4.69, 9.17) is 4.52 Å². The fourth-order valence-corrected chi connectivity index (χ4v) is 3.12. The standard InChI is InChI=1S/C16H12N6O3S/c1-21(9-13-19-14(20-25-13)10-4-2-3-5-17-10)15(24)11-8-12(23)18-16-22(11)6-7-26-16/h2-8H,9H2,1H3. The Bertz CT molecular complexity index is 1130. The average Bonchev–Trinajstić information content (AvgIpc) is 3.30. The second-order valence-corrected chi connectivity index (χ2v) is 6.30. The van der Waals surface area contributed by atoms with Crippen LogP contribution in [0.1, 0.15) is 16.4 Å². The molecular formula is C16H12N6O3S. The first kappa shape index (κ1) is 16.1. The first-order chi connectivity index (χ1) is 12.6. The average molecular weight is 368 g/mol. The van der Waals surface area contributed by atoms with Gasteiger partial charge in [-0.2, -0.15) is 9.97 Å². The minimum Gasteiger partial charge on any atom is -0.337 e. The number of pyridine rings is 1. The topological polar surface area (TPSA) is 106 Å². The SMILES string of the molecule is CN(Cc1nc(-c2ccccn2)no1)C(=O)c1cc(=O)nc2sccn12. The van der Waals surface area contributed by atoms with Gasteiger partial charge < -0.3 is 9.42 Å². The van der Waals surface area contributed by atoms with Crippen LogP contribution in [-0.2, 0) is 6.54 Å². The zero-order chi connectivity index (χ0) is 18.1. The molecule has 0 saturated carbocycles. The summed E-state index contributed by atoms with van der Waals surface area (Å²) in [6, 6.07) is 6.59. The second kappa shape index (κ2) is 6.48. The number of hydrogen-bond acceptors (Lipinski definition) is 8. The van der Waals surface area contributed by atoms with E-state index in [-0.39, 0.29) is 24.0 Å². The number of hydrogen-bond donors (Lipinski definition) is 0. The minimum absolute atomic E-state index is 0.0986. The van der Waals surface area contributed by atoms with E-state index >= 15 is 0 Å². The van der Waals surface area contributed by atoms with Gasteiger partial charge in [0.2, 0.25) is 11.7 Å². The number of amides is 1. The van der Waals surface area contributed by atoms with Crippen molar-refractivity contribution in [3.63, 3.8) is 0 Å². The Kier molecular flexibility index (Phi) is 4.01. The Morgan fingerprint density at radius 3 is 3.04 bits per heavy atom. The van der Waals surface area contributed by atoms with Crippen LogP contribution in [0.2, 0.25) is 0 Å². The molecule has 0 aliphatic rings. The molecule has 4 aromatic heterocycles. The summed E-state index contributed by atoms with van der Waals surface area (Å²) in [4.78, 5) is 38.6. The highest BCUT2D eigenvalue weighted by atomic mass is 32.1. The third-order valence-electron chi connectivity index (χ3n) is 3.62. The van der Waals surface area contributed by atoms with Gasteiger partial charge in [0.05, 0.1) is 0 Å². The van der Waals surface area contributed by atoms with E-state index < -0.39 is 5.56 Å². The molecule has 0 saturated heterocycles. The highest BCUT2D eigenvalue weighted by molar-refractivity contribution is 7.15. The van der Waals surface area contributed by atoms with Gasteiger partial charge in [-0.3, -0.25) is 19.0 Å². The van der Waals surface area contributed by atoms with Gasteiger partial charge in [0.25, 0.3) is 11.5 Å². The number of aromatic nitrogens is 5. The van der Waals surface area contributed by atoms with Crippen molar-refractivity contribution in [1.29, 1.82) is 0 Å². The summed E-state index contributed by atoms with van der Waals surface area (Å²) < 4.78 is 6.78. The summed E-state index contributed by atoms with van der Waals surface area (Å²) in [6.45, 7) is 0.0986. The van der Waals surface area contributed by atoms with E-state index in [0.717, 1.165) is 0 Å². The maximum atomic E-state index is 12.7. The molecule has 130 valence electrons. The van der Waals surface area contributed by atoms with Crippen molar-refractivity contribution in [2.75, 3.05) is 7.05 Å². The van der Waals surface area contributed by atoms with Gasteiger partial charge in [0, 0.05) is 30.9 Å². The number of carbonyl (C=O) groups excluding carboxylic acids is 1. The number of carbonyl (C=O) groups is 1. The molecule has 0 aliphatic heterocycles. The van der Waals surface area contributed by atoms with Crippen LogP contribution >= 0.6 is 11.3 Å². The summed E-state index contributed by atoms with van der Waals surface area (Å²) in [5, 5.41) is 5.64. The van der Waals surface area contributed by atoms with Crippen LogP contribution in [0.3, 0.4) is 0 Å². The zero-order valence-corrected chi connectivity index (χ0v) is 14.4. The predicted molar refractivity (Wildman–Crippen MR) is 92.7 cm³/mol. The third kappa shape index (κ3) is 2.97. The van der Waals surface area contributed by atoms with Gasteiger partial charge in [-0.15, -0.1) is 11.3 Å². The van der Waals surface area contributed by atoms with E-state index in [0.29, 0.717) is 16.5 Å². The third-order valence-corrected chi connectivity index (χ3v) is 4.37. The smallest absolute Gasteiger partial charge is 0.274 e. The van der Waals surface area contributed by atoms with E-state index in [1.165, 1.54) is 22.3 Å². The summed E-state index contributed by atoms with van der Waals surface area (Å²) in [6.07, 6.45) is 3.33. The molecule has 9 nitrogen and oxygen atoms in total. The minimum atomic E-state index is -0.459. The summed E-state index contributed by atoms with van der Waals surface area (Å²) >= 11 is 1.28. The van der Waals surface area contributed by atoms with Crippen molar-refractivity contribution in [2.24, 2.45) is 0 Å². The van der Waals surface area contributed by atoms with Crippen LogP contribution in [0.25, 0.3) is 16.5 Å². The van der Waals surface area contributed by atoms with Crippen LogP contribution < -0.4 is 5.56 Å². The molecule has 4 heterocycles. The van der Waals surface area contributed by atoms with E-state index in [1.807, 2.05) is 6.07 Å². The Morgan fingerprint density at radius 2 is 2.23 bits per heavy atom. The lowest BCUT2D eigenvalue weighted by Gasteiger charge is -2.15. The predicted octanol–water partition coefficient (Wildman–Crippen LogP) is 1.47. The largest absolute Gasteiger partial charge is 0.337 e. The Morgan fingerprint density at radius 1 is 1.35 bits per heavy atom. The number of fused-ring (bicyclic) bond motifs is 1. The fraction of sp³-hybridized carbons (Fsp3) is 0.125. The van der Waals surface area contributed by atoms with Crippen molar-refractivity contribution < 1.29 is 9.32 Å². The highest BCUT2D eigenvalue weighted by Crippen LogP contribution is 2.15. The maximum Gasteiger partial charge on any atom is 0.274 e. The monoisotopic (exact) mass is 368 g/mol. The molecule has 0 fully saturated rings. The van der Waals surface area contributed by atoms with Gasteiger partial charge in [-0.05, 0) is 12.1 Å². The molecule has 0 radical (unpaired) electrons. The lowest BCUT2D eigenvalue weighted by molar-refractivity contribution is 0.0762. The lowest BCUT2D eigenvalue weighted by atomic mass is 10.3. The Hall–Kier alpha value is -3.40. The van der Waals surface area contributed by atoms with Gasteiger partial charge in [0.15, 0.2) is 4.96 Å². The van der Waals surface area contributed by atoms with Crippen molar-refractivity contribution in [1.82, 2.24) is 29.4 Å². The molecule has 1 amide bonds. The molecule has 0 aromatic carbocycles. The molecule has 0 unspecified atom stereocenters. The zero-order valence-electron chi connectivity index (χ0n) is 13.6. The van der Waals surface area contributed by atoms with Crippen LogP contribution in [0.4, 0.5) is 0 Å². The van der Waals surface area contributed by atoms with E-state index in [1.54, 1.807) is 41.4 Å². The number of thiazole rings is 1. The van der Waals surface area contributed by atoms with Gasteiger partial charge in [-0.25, -0.2) is 0 Å². The molecular weight excluding hydrogens is 356 g/mol. The van der Waals surface area contributed by atoms with Crippen LogP contribution in [0.15, 0.2) is 51.4 Å². The summed E-state index contributed by atoms with van der Waals surface area (Å²) in [7, 11) is 1.59. The fourth-order valence-electron chi connectivity index (χ4n) is 2.40. The summed E-state index contributed by atoms with van der Waals surface area (Å²) in [5.41, 5.74) is 0.352. The Balaban J connectivity index is 1.57. The van der Waals surface area contributed by atoms with Crippen molar-refractivity contribution in [3.8, 4) is 11.5 Å². The van der Waals surface area contributed by atoms with Gasteiger partial charge in [0.1, 0.15) is 17.9 Å². The van der Waals surface area contributed by atoms with Gasteiger partial charge >= 0.3 is 0 Å². The molecule has 10 heteroatoms. The molecule has 0 aliphatic carbocycles. The number of rotatable bonds is 4. The van der Waals surface area contributed by atoms with Crippen LogP contribution in [0, 0.1) is 0 Å². The first-order valence-corrected chi connectivity index (χ1v) is 8.46. The van der Waals surface area contributed by atoms with Crippen molar-refractivity contribution in [3.05, 3.63) is 64.0 Å². The second-order valence-electron chi connectivity index (χ2n) is 5.42. The first-order valence-electron chi connectivity index (χ1n) is 7.58. The normalized spacial score (nSPS) is 11.0. The Labute approximate surface area is 150 Å². The molecule has 0 bridgehead atoms. The molecule has 4 rings (SSSR count). The quantitative estimate of drug-likeness (QED) is 0.537. The van der Waals surface area contributed by atoms with E-state index in [2.05, 4.69) is 20.1 Å². The maximum absolute atomic E-state index is 12.7. The van der Waals surface area contributed by atoms with E-state index in [9.17, 15) is 9.59 Å². The van der Waals surface area contributed by atoms with Gasteiger partial charge in [-0.1, -0.05) is 11.2 Å². The molecule has 0 spiro atoms. The van der Waals surface area contributed by atoms with Crippen molar-refractivity contribution in [2.45, 2.75) is 6.54 Å². The lowest BCUT2D eigenvalue weighted by Crippen LogP contribution is -2.29. The molecule has 0 atom stereocenters. The van der Waals surface area contributed by atoms with Crippen LogP contribution in [-0.4, -0.2) is 42.4 Å². The molecule has 26 heavy (non-hydrogen) atoms. The van der Waals surface area contributed by atoms with Crippen molar-refractivity contribution >= 4 is 22.2 Å². The van der Waals surface area contributed by atoms with Crippen LogP contribution in [0.5, 0.6) is 0 Å². The number of nitrogens with zero attached hydrogens (tertiary/aromatic N) is 6. The molecule has 0 N–H and O–H groups in total. The summed E-state index contributed by atoms with van der Waals surface area (Å²) in [5.74, 6) is 0.266. The highest BCUT2D eigenvalue weighted by Gasteiger charge is 2.19.